The zero-order valence-electron chi connectivity index (χ0n) is 20.6. The molecule has 0 unspecified atom stereocenters. The minimum atomic E-state index is -5.06. The number of nitrogens with zero attached hydrogens (tertiary/aromatic N) is 2. The van der Waals surface area contributed by atoms with Crippen LogP contribution in [0.3, 0.4) is 0 Å². The molecule has 1 aliphatic rings. The molecule has 2 atom stereocenters. The molecule has 1 aliphatic heterocycles. The van der Waals surface area contributed by atoms with Crippen LogP contribution in [0.1, 0.15) is 30.0 Å². The van der Waals surface area contributed by atoms with E-state index in [1.54, 1.807) is 29.2 Å². The number of hydrogen-bond acceptors (Lipinski definition) is 6. The van der Waals surface area contributed by atoms with Crippen molar-refractivity contribution >= 4 is 27.3 Å². The van der Waals surface area contributed by atoms with E-state index in [1.165, 1.54) is 24.3 Å². The van der Waals surface area contributed by atoms with Crippen LogP contribution in [0, 0.1) is 23.0 Å². The number of nitro groups is 1. The summed E-state index contributed by atoms with van der Waals surface area (Å²) >= 11 is 0. The van der Waals surface area contributed by atoms with Crippen LogP contribution in [0.15, 0.2) is 77.7 Å². The van der Waals surface area contributed by atoms with Gasteiger partial charge in [0.2, 0.25) is 15.9 Å². The molecule has 0 aliphatic carbocycles. The molecule has 4 rings (SSSR count). The molecule has 1 saturated heterocycles. The Kier molecular flexibility index (Phi) is 7.93. The van der Waals surface area contributed by atoms with Crippen LogP contribution < -0.4 is 14.4 Å². The van der Waals surface area contributed by atoms with Crippen LogP contribution in [0.2, 0.25) is 0 Å². The second-order valence-electron chi connectivity index (χ2n) is 8.98. The quantitative estimate of drug-likeness (QED) is 0.156. The van der Waals surface area contributed by atoms with E-state index in [0.29, 0.717) is 11.3 Å². The fraction of sp³-hybridized carbons (Fsp3) is 0.269. The average molecular weight is 564 g/mol. The molecule has 1 N–H and O–H groups in total. The van der Waals surface area contributed by atoms with E-state index in [9.17, 15) is 36.5 Å². The van der Waals surface area contributed by atoms with Gasteiger partial charge in [0, 0.05) is 24.4 Å². The number of benzene rings is 3. The summed E-state index contributed by atoms with van der Waals surface area (Å²) in [6, 6.07) is 17.2. The van der Waals surface area contributed by atoms with Gasteiger partial charge in [0.1, 0.15) is 10.6 Å². The maximum atomic E-state index is 13.2. The van der Waals surface area contributed by atoms with Gasteiger partial charge >= 0.3 is 6.36 Å². The molecule has 0 spiro atoms. The number of ether oxygens (including phenoxy) is 1. The lowest BCUT2D eigenvalue weighted by atomic mass is 9.79. The van der Waals surface area contributed by atoms with Gasteiger partial charge in [-0.1, -0.05) is 42.0 Å². The van der Waals surface area contributed by atoms with Gasteiger partial charge in [0.25, 0.3) is 5.69 Å². The summed E-state index contributed by atoms with van der Waals surface area (Å²) in [5.41, 5.74) is 2.26. The van der Waals surface area contributed by atoms with E-state index in [1.807, 2.05) is 19.1 Å². The van der Waals surface area contributed by atoms with Gasteiger partial charge in [-0.05, 0) is 49.6 Å². The number of halogens is 3. The van der Waals surface area contributed by atoms with E-state index in [0.717, 1.165) is 17.7 Å². The van der Waals surface area contributed by atoms with Crippen LogP contribution in [0.5, 0.6) is 5.75 Å². The smallest absolute Gasteiger partial charge is 0.404 e. The van der Waals surface area contributed by atoms with Crippen molar-refractivity contribution in [3.05, 3.63) is 94.0 Å². The molecule has 206 valence electrons. The number of amides is 1. The highest BCUT2D eigenvalue weighted by atomic mass is 32.2. The first-order valence-corrected chi connectivity index (χ1v) is 13.3. The molecule has 0 aromatic heterocycles. The molecule has 9 nitrogen and oxygen atoms in total. The van der Waals surface area contributed by atoms with Crippen molar-refractivity contribution in [2.24, 2.45) is 5.92 Å². The van der Waals surface area contributed by atoms with E-state index in [4.69, 9.17) is 0 Å². The monoisotopic (exact) mass is 563 g/mol. The fourth-order valence-electron chi connectivity index (χ4n) is 4.49. The average Bonchev–Trinajstić information content (AvgIpc) is 2.87. The molecule has 3 aromatic carbocycles. The number of rotatable bonds is 10. The third kappa shape index (κ3) is 6.37. The molecule has 0 saturated carbocycles. The number of carbonyl (C=O) groups is 1. The number of hydrogen-bond donors (Lipinski definition) is 1. The maximum absolute atomic E-state index is 13.2. The van der Waals surface area contributed by atoms with Crippen LogP contribution in [-0.4, -0.2) is 32.2 Å². The number of para-hydroxylation sites is 1. The van der Waals surface area contributed by atoms with Crippen molar-refractivity contribution in [2.75, 3.05) is 11.4 Å². The molecule has 0 bridgehead atoms. The van der Waals surface area contributed by atoms with Crippen molar-refractivity contribution in [2.45, 2.75) is 37.1 Å². The molecule has 39 heavy (non-hydrogen) atoms. The molecular formula is C26H24F3N3O6S. The summed E-state index contributed by atoms with van der Waals surface area (Å²) in [6.45, 7) is 1.77. The Morgan fingerprint density at radius 2 is 1.67 bits per heavy atom. The van der Waals surface area contributed by atoms with E-state index in [2.05, 4.69) is 9.46 Å². The Balaban J connectivity index is 1.47. The van der Waals surface area contributed by atoms with Crippen LogP contribution >= 0.6 is 0 Å². The fourth-order valence-corrected chi connectivity index (χ4v) is 5.69. The number of alkyl halides is 3. The van der Waals surface area contributed by atoms with Gasteiger partial charge in [0.15, 0.2) is 0 Å². The predicted molar refractivity (Wildman–Crippen MR) is 136 cm³/mol. The topological polar surface area (TPSA) is 119 Å². The second-order valence-corrected chi connectivity index (χ2v) is 10.7. The molecule has 1 fully saturated rings. The normalized spacial score (nSPS) is 17.5. The van der Waals surface area contributed by atoms with Gasteiger partial charge in [-0.2, -0.15) is 0 Å². The first-order valence-electron chi connectivity index (χ1n) is 11.9. The Bertz CT molecular complexity index is 1460. The molecule has 1 heterocycles. The van der Waals surface area contributed by atoms with Crippen LogP contribution in [0.4, 0.5) is 24.5 Å². The lowest BCUT2D eigenvalue weighted by Gasteiger charge is -2.47. The van der Waals surface area contributed by atoms with Crippen LogP contribution in [0.25, 0.3) is 0 Å². The van der Waals surface area contributed by atoms with E-state index in [-0.39, 0.29) is 31.0 Å². The Morgan fingerprint density at radius 3 is 2.28 bits per heavy atom. The molecule has 3 aromatic rings. The Hall–Kier alpha value is -3.97. The summed E-state index contributed by atoms with van der Waals surface area (Å²) in [4.78, 5) is 24.6. The SMILES string of the molecule is Cc1ccc(N2C(=O)[C@H](CCCNS(=O)(=O)c3ccccc3OC(F)(F)F)[C@H]2c2ccc([N+](=O)[O-])cc2)cc1. The van der Waals surface area contributed by atoms with Gasteiger partial charge in [-0.3, -0.25) is 14.9 Å². The standard InChI is InChI=1S/C26H24F3N3O6S/c1-17-8-12-19(13-9-17)31-24(18-10-14-20(15-11-18)32(34)35)21(25(31)33)5-4-16-30-39(36,37)23-7-3-2-6-22(23)38-26(27,28)29/h2-3,6-15,21,24,30H,4-5,16H2,1H3/t21-,24-/m1/s1. The Labute approximate surface area is 222 Å². The Morgan fingerprint density at radius 1 is 1.03 bits per heavy atom. The van der Waals surface area contributed by atoms with E-state index >= 15 is 0 Å². The van der Waals surface area contributed by atoms with Crippen LogP contribution in [-0.2, 0) is 14.8 Å². The zero-order valence-corrected chi connectivity index (χ0v) is 21.4. The number of nitrogens with one attached hydrogen (secondary N) is 1. The highest BCUT2D eigenvalue weighted by molar-refractivity contribution is 7.89. The predicted octanol–water partition coefficient (Wildman–Crippen LogP) is 5.26. The highest BCUT2D eigenvalue weighted by Crippen LogP contribution is 2.45. The van der Waals surface area contributed by atoms with Gasteiger partial charge in [-0.25, -0.2) is 13.1 Å². The van der Waals surface area contributed by atoms with Gasteiger partial charge in [0.05, 0.1) is 16.9 Å². The molecule has 13 heteroatoms. The summed E-state index contributed by atoms with van der Waals surface area (Å²) < 4.78 is 69.5. The summed E-state index contributed by atoms with van der Waals surface area (Å²) in [7, 11) is -4.33. The number of carbonyl (C=O) groups excluding carboxylic acids is 1. The zero-order chi connectivity index (χ0) is 28.4. The van der Waals surface area contributed by atoms with E-state index < -0.39 is 43.9 Å². The number of aryl methyl sites for hydroxylation is 1. The maximum Gasteiger partial charge on any atom is 0.573 e. The van der Waals surface area contributed by atoms with Gasteiger partial charge < -0.3 is 9.64 Å². The van der Waals surface area contributed by atoms with Crippen molar-refractivity contribution in [3.63, 3.8) is 0 Å². The largest absolute Gasteiger partial charge is 0.573 e. The van der Waals surface area contributed by atoms with Crippen molar-refractivity contribution in [1.29, 1.82) is 0 Å². The minimum Gasteiger partial charge on any atom is -0.404 e. The van der Waals surface area contributed by atoms with Gasteiger partial charge in [-0.15, -0.1) is 13.2 Å². The lowest BCUT2D eigenvalue weighted by Crippen LogP contribution is -2.55. The van der Waals surface area contributed by atoms with Crippen molar-refractivity contribution in [3.8, 4) is 5.75 Å². The molecule has 0 radical (unpaired) electrons. The third-order valence-corrected chi connectivity index (χ3v) is 7.82. The summed E-state index contributed by atoms with van der Waals surface area (Å²) in [5, 5.41) is 11.1. The number of anilines is 1. The molecular weight excluding hydrogens is 539 g/mol. The highest BCUT2D eigenvalue weighted by Gasteiger charge is 2.48. The number of nitro benzene ring substituents is 1. The lowest BCUT2D eigenvalue weighted by molar-refractivity contribution is -0.384. The van der Waals surface area contributed by atoms with Crippen molar-refractivity contribution in [1.82, 2.24) is 4.72 Å². The second kappa shape index (κ2) is 11.0. The third-order valence-electron chi connectivity index (χ3n) is 6.32. The first-order chi connectivity index (χ1) is 18.4. The number of non-ortho nitro benzene ring substituents is 1. The number of sulfonamides is 1. The summed E-state index contributed by atoms with van der Waals surface area (Å²) in [6.07, 6.45) is -4.58. The first kappa shape index (κ1) is 28.0. The van der Waals surface area contributed by atoms with Crippen molar-refractivity contribution < 1.29 is 36.0 Å². The molecule has 1 amide bonds. The number of β-lactam (4-membered cyclic amide) rings is 1. The minimum absolute atomic E-state index is 0.0907. The summed E-state index contributed by atoms with van der Waals surface area (Å²) in [5.74, 6) is -1.56.